The number of benzene rings is 1. The molecule has 2 aromatic rings. The quantitative estimate of drug-likeness (QED) is 0.552. The SMILES string of the molecule is CC1CCc2cc3c(cc2C(O)C1)cc(CO[Si](C)(C)C(C)(C)C)n3C. The fourth-order valence-corrected chi connectivity index (χ4v) is 4.61. The van der Waals surface area contributed by atoms with E-state index in [1.165, 1.54) is 22.2 Å². The van der Waals surface area contributed by atoms with E-state index >= 15 is 0 Å². The average molecular weight is 374 g/mol. The van der Waals surface area contributed by atoms with E-state index in [2.05, 4.69) is 70.6 Å². The van der Waals surface area contributed by atoms with Gasteiger partial charge in [0.25, 0.3) is 0 Å². The van der Waals surface area contributed by atoms with Gasteiger partial charge in [-0.3, -0.25) is 0 Å². The first-order chi connectivity index (χ1) is 12.0. The highest BCUT2D eigenvalue weighted by Crippen LogP contribution is 2.38. The lowest BCUT2D eigenvalue weighted by molar-refractivity contribution is 0.150. The molecule has 1 aliphatic rings. The molecule has 0 radical (unpaired) electrons. The number of fused-ring (bicyclic) bond motifs is 2. The van der Waals surface area contributed by atoms with E-state index in [0.29, 0.717) is 12.5 Å². The van der Waals surface area contributed by atoms with Gasteiger partial charge in [-0.2, -0.15) is 0 Å². The molecule has 0 amide bonds. The molecule has 0 aliphatic heterocycles. The molecular weight excluding hydrogens is 338 g/mol. The van der Waals surface area contributed by atoms with Crippen molar-refractivity contribution in [1.29, 1.82) is 0 Å². The standard InChI is InChI=1S/C22H35NO2Si/c1-15-8-9-16-13-20-17(12-19(16)21(24)10-15)11-18(23(20)5)14-25-26(6,7)22(2,3)4/h11-13,15,21,24H,8-10,14H2,1-7H3. The number of rotatable bonds is 3. The Morgan fingerprint density at radius 2 is 1.92 bits per heavy atom. The number of hydrogen-bond donors (Lipinski definition) is 1. The number of aliphatic hydroxyl groups is 1. The number of aliphatic hydroxyl groups excluding tert-OH is 1. The molecule has 1 N–H and O–H groups in total. The van der Waals surface area contributed by atoms with Gasteiger partial charge in [-0.25, -0.2) is 0 Å². The van der Waals surface area contributed by atoms with Crippen LogP contribution >= 0.6 is 0 Å². The maximum absolute atomic E-state index is 10.6. The minimum absolute atomic E-state index is 0.218. The third-order valence-corrected chi connectivity index (χ3v) is 11.2. The summed E-state index contributed by atoms with van der Waals surface area (Å²) in [5.41, 5.74) is 4.91. The molecule has 4 heteroatoms. The van der Waals surface area contributed by atoms with E-state index in [1.54, 1.807) is 0 Å². The Kier molecular flexibility index (Phi) is 5.15. The molecule has 26 heavy (non-hydrogen) atoms. The van der Waals surface area contributed by atoms with E-state index in [1.807, 2.05) is 0 Å². The van der Waals surface area contributed by atoms with Crippen molar-refractivity contribution in [2.24, 2.45) is 13.0 Å². The third-order valence-electron chi connectivity index (χ3n) is 6.68. The van der Waals surface area contributed by atoms with Gasteiger partial charge >= 0.3 is 0 Å². The maximum Gasteiger partial charge on any atom is 0.192 e. The van der Waals surface area contributed by atoms with Crippen LogP contribution in [0.2, 0.25) is 18.1 Å². The first-order valence-corrected chi connectivity index (χ1v) is 12.8. The molecule has 0 saturated carbocycles. The predicted octanol–water partition coefficient (Wildman–Crippen LogP) is 5.71. The van der Waals surface area contributed by atoms with Crippen LogP contribution in [0.5, 0.6) is 0 Å². The lowest BCUT2D eigenvalue weighted by atomic mass is 9.98. The lowest BCUT2D eigenvalue weighted by Gasteiger charge is -2.36. The van der Waals surface area contributed by atoms with Crippen molar-refractivity contribution >= 4 is 19.2 Å². The van der Waals surface area contributed by atoms with Crippen molar-refractivity contribution in [1.82, 2.24) is 4.57 Å². The third kappa shape index (κ3) is 3.64. The number of aryl methyl sites for hydroxylation is 2. The summed E-state index contributed by atoms with van der Waals surface area (Å²) < 4.78 is 8.71. The number of aromatic nitrogens is 1. The molecule has 1 heterocycles. The Morgan fingerprint density at radius 3 is 2.58 bits per heavy atom. The first kappa shape index (κ1) is 19.7. The van der Waals surface area contributed by atoms with Crippen molar-refractivity contribution in [3.63, 3.8) is 0 Å². The second-order valence-electron chi connectivity index (χ2n) is 9.75. The van der Waals surface area contributed by atoms with Crippen LogP contribution in [-0.4, -0.2) is 18.0 Å². The Hall–Kier alpha value is -1.10. The van der Waals surface area contributed by atoms with Crippen LogP contribution in [0.15, 0.2) is 18.2 Å². The molecular formula is C22H35NO2Si. The topological polar surface area (TPSA) is 34.4 Å². The Morgan fingerprint density at radius 1 is 1.23 bits per heavy atom. The molecule has 1 aromatic carbocycles. The lowest BCUT2D eigenvalue weighted by Crippen LogP contribution is -2.40. The van der Waals surface area contributed by atoms with Gasteiger partial charge in [-0.05, 0) is 72.6 Å². The molecule has 0 bridgehead atoms. The summed E-state index contributed by atoms with van der Waals surface area (Å²) in [5.74, 6) is 0.578. The molecule has 0 saturated heterocycles. The smallest absolute Gasteiger partial charge is 0.192 e. The molecule has 1 aromatic heterocycles. The van der Waals surface area contributed by atoms with Gasteiger partial charge in [-0.1, -0.05) is 27.7 Å². The number of hydrogen-bond acceptors (Lipinski definition) is 2. The van der Waals surface area contributed by atoms with Crippen LogP contribution in [-0.2, 0) is 24.5 Å². The van der Waals surface area contributed by atoms with Crippen LogP contribution < -0.4 is 0 Å². The van der Waals surface area contributed by atoms with Gasteiger partial charge in [0, 0.05) is 23.6 Å². The zero-order valence-corrected chi connectivity index (χ0v) is 18.5. The Bertz CT molecular complexity index is 801. The minimum Gasteiger partial charge on any atom is -0.411 e. The summed E-state index contributed by atoms with van der Waals surface area (Å²) in [5, 5.41) is 12.1. The highest BCUT2D eigenvalue weighted by molar-refractivity contribution is 6.74. The van der Waals surface area contributed by atoms with E-state index in [0.717, 1.165) is 24.8 Å². The van der Waals surface area contributed by atoms with Crippen LogP contribution in [0, 0.1) is 5.92 Å². The van der Waals surface area contributed by atoms with Crippen molar-refractivity contribution in [3.05, 3.63) is 35.0 Å². The molecule has 0 spiro atoms. The fraction of sp³-hybridized carbons (Fsp3) is 0.636. The highest BCUT2D eigenvalue weighted by Gasteiger charge is 2.37. The zero-order valence-electron chi connectivity index (χ0n) is 17.5. The zero-order chi connectivity index (χ0) is 19.3. The highest BCUT2D eigenvalue weighted by atomic mass is 28.4. The van der Waals surface area contributed by atoms with Crippen molar-refractivity contribution in [2.45, 2.75) is 77.8 Å². The summed E-state index contributed by atoms with van der Waals surface area (Å²) in [6.07, 6.45) is 2.75. The number of nitrogens with zero attached hydrogens (tertiary/aromatic N) is 1. The second kappa shape index (κ2) is 6.81. The summed E-state index contributed by atoms with van der Waals surface area (Å²) in [7, 11) is 0.370. The van der Waals surface area contributed by atoms with Crippen molar-refractivity contribution < 1.29 is 9.53 Å². The first-order valence-electron chi connectivity index (χ1n) is 9.93. The minimum atomic E-state index is -1.76. The monoisotopic (exact) mass is 373 g/mol. The molecule has 3 nitrogen and oxygen atoms in total. The van der Waals surface area contributed by atoms with Gasteiger partial charge in [0.1, 0.15) is 0 Å². The molecule has 0 fully saturated rings. The largest absolute Gasteiger partial charge is 0.411 e. The van der Waals surface area contributed by atoms with E-state index < -0.39 is 8.32 Å². The van der Waals surface area contributed by atoms with Crippen LogP contribution in [0.3, 0.4) is 0 Å². The van der Waals surface area contributed by atoms with Crippen molar-refractivity contribution in [3.8, 4) is 0 Å². The summed E-state index contributed by atoms with van der Waals surface area (Å²) in [6.45, 7) is 14.3. The summed E-state index contributed by atoms with van der Waals surface area (Å²) >= 11 is 0. The Balaban J connectivity index is 1.92. The molecule has 1 aliphatic carbocycles. The molecule has 144 valence electrons. The van der Waals surface area contributed by atoms with Gasteiger partial charge in [0.2, 0.25) is 0 Å². The van der Waals surface area contributed by atoms with Gasteiger partial charge in [-0.15, -0.1) is 0 Å². The fourth-order valence-electron chi connectivity index (χ4n) is 3.67. The van der Waals surface area contributed by atoms with Crippen LogP contribution in [0.4, 0.5) is 0 Å². The predicted molar refractivity (Wildman–Crippen MR) is 112 cm³/mol. The molecule has 2 atom stereocenters. The van der Waals surface area contributed by atoms with E-state index in [-0.39, 0.29) is 11.1 Å². The van der Waals surface area contributed by atoms with Crippen molar-refractivity contribution in [2.75, 3.05) is 0 Å². The summed E-state index contributed by atoms with van der Waals surface area (Å²) in [4.78, 5) is 0. The van der Waals surface area contributed by atoms with Crippen LogP contribution in [0.1, 0.15) is 63.5 Å². The van der Waals surface area contributed by atoms with Gasteiger partial charge in [0.15, 0.2) is 8.32 Å². The summed E-state index contributed by atoms with van der Waals surface area (Å²) in [6, 6.07) is 6.74. The molecule has 3 rings (SSSR count). The van der Waals surface area contributed by atoms with E-state index in [4.69, 9.17) is 4.43 Å². The normalized spacial score (nSPS) is 21.7. The average Bonchev–Trinajstić information content (AvgIpc) is 2.76. The van der Waals surface area contributed by atoms with Crippen LogP contribution in [0.25, 0.3) is 10.9 Å². The maximum atomic E-state index is 10.6. The second-order valence-corrected chi connectivity index (χ2v) is 14.6. The van der Waals surface area contributed by atoms with Gasteiger partial charge in [0.05, 0.1) is 12.7 Å². The van der Waals surface area contributed by atoms with Gasteiger partial charge < -0.3 is 14.1 Å². The molecule has 2 unspecified atom stereocenters. The Labute approximate surface area is 159 Å². The van der Waals surface area contributed by atoms with E-state index in [9.17, 15) is 5.11 Å².